The highest BCUT2D eigenvalue weighted by Crippen LogP contribution is 2.35. The Morgan fingerprint density at radius 2 is 1.87 bits per heavy atom. The number of carbonyl (C=O) groups excluding carboxylic acids is 1. The van der Waals surface area contributed by atoms with Gasteiger partial charge in [0.2, 0.25) is 11.7 Å². The first-order valence-electron chi connectivity index (χ1n) is 10.4. The fourth-order valence-electron chi connectivity index (χ4n) is 3.70. The quantitative estimate of drug-likeness (QED) is 0.548. The average molecular weight is 425 g/mol. The van der Waals surface area contributed by atoms with E-state index in [9.17, 15) is 9.18 Å². The molecule has 0 radical (unpaired) electrons. The second-order valence-corrected chi connectivity index (χ2v) is 7.15. The predicted molar refractivity (Wildman–Crippen MR) is 111 cm³/mol. The van der Waals surface area contributed by atoms with Crippen LogP contribution in [0.5, 0.6) is 11.5 Å². The molecule has 162 valence electrons. The molecule has 4 rings (SSSR count). The largest absolute Gasteiger partial charge is 0.490 e. The molecule has 0 unspecified atom stereocenters. The highest BCUT2D eigenvalue weighted by Gasteiger charge is 2.35. The maximum atomic E-state index is 13.3. The molecule has 8 heteroatoms. The third-order valence-electron chi connectivity index (χ3n) is 5.13. The summed E-state index contributed by atoms with van der Waals surface area (Å²) in [7, 11) is 0. The number of amides is 1. The molecule has 1 aliphatic rings. The van der Waals surface area contributed by atoms with Gasteiger partial charge in [0.05, 0.1) is 13.2 Å². The lowest BCUT2D eigenvalue weighted by Gasteiger charge is -2.22. The fourth-order valence-corrected chi connectivity index (χ4v) is 3.70. The van der Waals surface area contributed by atoms with Crippen LogP contribution in [0, 0.1) is 5.82 Å². The molecule has 7 nitrogen and oxygen atoms in total. The SMILES string of the molecule is CCOc1ccc(C(=O)N2CCC[C@@H]2c2nc(-c3ccc(F)cc3)no2)cc1OCC. The second-order valence-electron chi connectivity index (χ2n) is 7.15. The molecule has 1 amide bonds. The Bertz CT molecular complexity index is 1050. The number of aromatic nitrogens is 2. The molecular weight excluding hydrogens is 401 g/mol. The van der Waals surface area contributed by atoms with Crippen molar-refractivity contribution in [3.63, 3.8) is 0 Å². The van der Waals surface area contributed by atoms with Crippen LogP contribution in [0.4, 0.5) is 4.39 Å². The van der Waals surface area contributed by atoms with Crippen LogP contribution in [-0.4, -0.2) is 40.7 Å². The van der Waals surface area contributed by atoms with Gasteiger partial charge in [-0.2, -0.15) is 4.98 Å². The number of ether oxygens (including phenoxy) is 2. The van der Waals surface area contributed by atoms with Crippen molar-refractivity contribution in [3.05, 3.63) is 59.7 Å². The van der Waals surface area contributed by atoms with E-state index in [2.05, 4.69) is 10.1 Å². The van der Waals surface area contributed by atoms with Crippen LogP contribution in [0.3, 0.4) is 0 Å². The smallest absolute Gasteiger partial charge is 0.254 e. The minimum absolute atomic E-state index is 0.131. The van der Waals surface area contributed by atoms with Crippen LogP contribution < -0.4 is 9.47 Å². The topological polar surface area (TPSA) is 77.7 Å². The Hall–Kier alpha value is -3.42. The van der Waals surface area contributed by atoms with Crippen molar-refractivity contribution < 1.29 is 23.2 Å². The number of halogens is 1. The molecule has 1 aliphatic heterocycles. The zero-order chi connectivity index (χ0) is 21.8. The Labute approximate surface area is 179 Å². The summed E-state index contributed by atoms with van der Waals surface area (Å²) in [4.78, 5) is 19.5. The van der Waals surface area contributed by atoms with Gasteiger partial charge in [-0.1, -0.05) is 5.16 Å². The van der Waals surface area contributed by atoms with E-state index in [1.54, 1.807) is 35.2 Å². The number of rotatable bonds is 7. The zero-order valence-electron chi connectivity index (χ0n) is 17.5. The molecule has 1 fully saturated rings. The molecule has 1 aromatic heterocycles. The van der Waals surface area contributed by atoms with E-state index in [4.69, 9.17) is 14.0 Å². The lowest BCUT2D eigenvalue weighted by atomic mass is 10.1. The van der Waals surface area contributed by atoms with E-state index < -0.39 is 0 Å². The predicted octanol–water partition coefficient (Wildman–Crippen LogP) is 4.65. The van der Waals surface area contributed by atoms with Gasteiger partial charge in [0.25, 0.3) is 5.91 Å². The minimum atomic E-state index is -0.332. The van der Waals surface area contributed by atoms with Gasteiger partial charge in [-0.25, -0.2) is 4.39 Å². The molecule has 0 saturated carbocycles. The summed E-state index contributed by atoms with van der Waals surface area (Å²) in [5, 5.41) is 4.01. The summed E-state index contributed by atoms with van der Waals surface area (Å²) in [6.07, 6.45) is 1.56. The van der Waals surface area contributed by atoms with Crippen LogP contribution in [0.2, 0.25) is 0 Å². The molecule has 2 heterocycles. The number of likely N-dealkylation sites (tertiary alicyclic amines) is 1. The lowest BCUT2D eigenvalue weighted by Crippen LogP contribution is -2.30. The van der Waals surface area contributed by atoms with Crippen molar-refractivity contribution in [2.75, 3.05) is 19.8 Å². The molecular formula is C23H24FN3O4. The highest BCUT2D eigenvalue weighted by molar-refractivity contribution is 5.95. The van der Waals surface area contributed by atoms with Crippen molar-refractivity contribution in [2.45, 2.75) is 32.7 Å². The summed E-state index contributed by atoms with van der Waals surface area (Å²) >= 11 is 0. The van der Waals surface area contributed by atoms with E-state index in [0.29, 0.717) is 54.1 Å². The highest BCUT2D eigenvalue weighted by atomic mass is 19.1. The first kappa shape index (κ1) is 20.8. The number of nitrogens with zero attached hydrogens (tertiary/aromatic N) is 3. The molecule has 0 bridgehead atoms. The average Bonchev–Trinajstić information content (AvgIpc) is 3.45. The van der Waals surface area contributed by atoms with E-state index in [1.165, 1.54) is 12.1 Å². The van der Waals surface area contributed by atoms with Crippen molar-refractivity contribution in [3.8, 4) is 22.9 Å². The van der Waals surface area contributed by atoms with Crippen molar-refractivity contribution >= 4 is 5.91 Å². The molecule has 1 saturated heterocycles. The summed E-state index contributed by atoms with van der Waals surface area (Å²) < 4.78 is 29.9. The van der Waals surface area contributed by atoms with Crippen molar-refractivity contribution in [1.82, 2.24) is 15.0 Å². The van der Waals surface area contributed by atoms with Crippen LogP contribution in [0.15, 0.2) is 47.0 Å². The van der Waals surface area contributed by atoms with Gasteiger partial charge >= 0.3 is 0 Å². The van der Waals surface area contributed by atoms with Crippen LogP contribution in [-0.2, 0) is 0 Å². The number of benzene rings is 2. The molecule has 0 aliphatic carbocycles. The third-order valence-corrected chi connectivity index (χ3v) is 5.13. The normalized spacial score (nSPS) is 15.8. The third kappa shape index (κ3) is 4.38. The maximum Gasteiger partial charge on any atom is 0.254 e. The van der Waals surface area contributed by atoms with Gasteiger partial charge in [-0.15, -0.1) is 0 Å². The lowest BCUT2D eigenvalue weighted by molar-refractivity contribution is 0.0709. The van der Waals surface area contributed by atoms with Crippen molar-refractivity contribution in [1.29, 1.82) is 0 Å². The maximum absolute atomic E-state index is 13.3. The van der Waals surface area contributed by atoms with E-state index >= 15 is 0 Å². The van der Waals surface area contributed by atoms with Gasteiger partial charge in [0.1, 0.15) is 11.9 Å². The Morgan fingerprint density at radius 3 is 2.61 bits per heavy atom. The van der Waals surface area contributed by atoms with Crippen LogP contribution in [0.1, 0.15) is 49.0 Å². The van der Waals surface area contributed by atoms with Gasteiger partial charge < -0.3 is 18.9 Å². The monoisotopic (exact) mass is 425 g/mol. The Balaban J connectivity index is 1.56. The fraction of sp³-hybridized carbons (Fsp3) is 0.348. The summed E-state index contributed by atoms with van der Waals surface area (Å²) in [6, 6.07) is 10.8. The summed E-state index contributed by atoms with van der Waals surface area (Å²) in [6.45, 7) is 5.35. The first-order valence-corrected chi connectivity index (χ1v) is 10.4. The number of hydrogen-bond acceptors (Lipinski definition) is 6. The van der Waals surface area contributed by atoms with E-state index in [-0.39, 0.29) is 17.8 Å². The van der Waals surface area contributed by atoms with Gasteiger partial charge in [0.15, 0.2) is 11.5 Å². The molecule has 2 aromatic carbocycles. The molecule has 0 N–H and O–H groups in total. The molecule has 31 heavy (non-hydrogen) atoms. The van der Waals surface area contributed by atoms with Gasteiger partial charge in [-0.3, -0.25) is 4.79 Å². The number of carbonyl (C=O) groups is 1. The molecule has 3 aromatic rings. The molecule has 1 atom stereocenters. The zero-order valence-corrected chi connectivity index (χ0v) is 17.5. The summed E-state index contributed by atoms with van der Waals surface area (Å²) in [5.74, 6) is 1.44. The van der Waals surface area contributed by atoms with E-state index in [1.807, 2.05) is 13.8 Å². The Morgan fingerprint density at radius 1 is 1.13 bits per heavy atom. The summed E-state index contributed by atoms with van der Waals surface area (Å²) in [5.41, 5.74) is 1.16. The van der Waals surface area contributed by atoms with Crippen LogP contribution in [0.25, 0.3) is 11.4 Å². The number of hydrogen-bond donors (Lipinski definition) is 0. The molecule has 0 spiro atoms. The first-order chi connectivity index (χ1) is 15.1. The second kappa shape index (κ2) is 9.16. The van der Waals surface area contributed by atoms with Gasteiger partial charge in [0, 0.05) is 17.7 Å². The van der Waals surface area contributed by atoms with Gasteiger partial charge in [-0.05, 0) is 69.2 Å². The minimum Gasteiger partial charge on any atom is -0.490 e. The Kier molecular flexibility index (Phi) is 6.16. The van der Waals surface area contributed by atoms with Crippen LogP contribution >= 0.6 is 0 Å². The van der Waals surface area contributed by atoms with Crippen molar-refractivity contribution in [2.24, 2.45) is 0 Å². The van der Waals surface area contributed by atoms with E-state index in [0.717, 1.165) is 12.8 Å². The standard InChI is InChI=1S/C23H24FN3O4/c1-3-29-19-12-9-16(14-20(19)30-4-2)23(28)27-13-5-6-18(27)22-25-21(26-31-22)15-7-10-17(24)11-8-15/h7-12,14,18H,3-6,13H2,1-2H3/t18-/m1/s1.